The van der Waals surface area contributed by atoms with Crippen LogP contribution in [0.5, 0.6) is 11.5 Å². The molecule has 0 aliphatic carbocycles. The molecule has 0 unspecified atom stereocenters. The van der Waals surface area contributed by atoms with Crippen molar-refractivity contribution in [2.75, 3.05) is 52.5 Å². The minimum atomic E-state index is 0.301. The molecule has 5 heteroatoms. The highest BCUT2D eigenvalue weighted by Crippen LogP contribution is 2.34. The molecule has 0 amide bonds. The lowest BCUT2D eigenvalue weighted by Gasteiger charge is -2.26. The number of likely N-dealkylation sites (tertiary alicyclic amines) is 2. The lowest BCUT2D eigenvalue weighted by molar-refractivity contribution is 0.165. The average Bonchev–Trinajstić information content (AvgIpc) is 2.87. The second-order valence-corrected chi connectivity index (χ2v) is 8.53. The predicted molar refractivity (Wildman–Crippen MR) is 106 cm³/mol. The van der Waals surface area contributed by atoms with Crippen molar-refractivity contribution >= 4 is 0 Å². The first-order chi connectivity index (χ1) is 13.2. The molecule has 1 N–H and O–H groups in total. The maximum atomic E-state index is 9.94. The van der Waals surface area contributed by atoms with E-state index in [9.17, 15) is 5.11 Å². The monoisotopic (exact) mass is 374 g/mol. The Bertz CT molecular complexity index is 628. The van der Waals surface area contributed by atoms with Crippen LogP contribution in [0, 0.1) is 18.8 Å². The molecule has 3 heterocycles. The van der Waals surface area contributed by atoms with Gasteiger partial charge in [0.1, 0.15) is 13.2 Å². The number of ether oxygens (including phenoxy) is 2. The van der Waals surface area contributed by atoms with Gasteiger partial charge in [0.2, 0.25) is 0 Å². The van der Waals surface area contributed by atoms with Crippen molar-refractivity contribution in [1.82, 2.24) is 9.80 Å². The topological polar surface area (TPSA) is 45.2 Å². The van der Waals surface area contributed by atoms with Crippen LogP contribution >= 0.6 is 0 Å². The summed E-state index contributed by atoms with van der Waals surface area (Å²) in [6.45, 7) is 10.3. The maximum absolute atomic E-state index is 9.94. The number of fused-ring (bicyclic) bond motifs is 1. The predicted octanol–water partition coefficient (Wildman–Crippen LogP) is 2.68. The van der Waals surface area contributed by atoms with Crippen LogP contribution in [0.4, 0.5) is 0 Å². The summed E-state index contributed by atoms with van der Waals surface area (Å²) >= 11 is 0. The maximum Gasteiger partial charge on any atom is 0.161 e. The van der Waals surface area contributed by atoms with Gasteiger partial charge in [-0.05, 0) is 68.0 Å². The fourth-order valence-electron chi connectivity index (χ4n) is 4.87. The molecule has 3 aliphatic rings. The van der Waals surface area contributed by atoms with Gasteiger partial charge in [0.05, 0.1) is 0 Å². The first-order valence-electron chi connectivity index (χ1n) is 10.7. The van der Waals surface area contributed by atoms with E-state index in [1.54, 1.807) is 0 Å². The van der Waals surface area contributed by atoms with Crippen molar-refractivity contribution in [3.8, 4) is 11.5 Å². The van der Waals surface area contributed by atoms with Gasteiger partial charge in [-0.25, -0.2) is 0 Å². The first kappa shape index (κ1) is 19.0. The molecule has 0 bridgehead atoms. The number of aliphatic hydroxyl groups is 1. The molecule has 150 valence electrons. The summed E-state index contributed by atoms with van der Waals surface area (Å²) in [5.41, 5.74) is 2.57. The number of hydrogen-bond donors (Lipinski definition) is 1. The Labute approximate surface area is 163 Å². The summed E-state index contributed by atoms with van der Waals surface area (Å²) in [7, 11) is 0. The number of aryl methyl sites for hydroxylation is 1. The van der Waals surface area contributed by atoms with Gasteiger partial charge in [0.15, 0.2) is 11.5 Å². The SMILES string of the molecule is Cc1cc2c(cc1CN1C[C@@H](CN3CCCCCC3)[C@@H](CO)C1)OCCO2. The number of benzene rings is 1. The van der Waals surface area contributed by atoms with Crippen molar-refractivity contribution in [3.05, 3.63) is 23.3 Å². The van der Waals surface area contributed by atoms with Crippen LogP contribution in [-0.4, -0.2) is 67.5 Å². The standard InChI is InChI=1S/C22H34N2O3/c1-17-10-21-22(27-9-8-26-21)11-18(17)12-24-14-19(20(15-24)16-25)13-23-6-4-2-3-5-7-23/h10-11,19-20,25H,2-9,12-16H2,1H3/t19-,20-/m1/s1. The molecular formula is C22H34N2O3. The van der Waals surface area contributed by atoms with E-state index in [4.69, 9.17) is 9.47 Å². The van der Waals surface area contributed by atoms with Crippen molar-refractivity contribution in [1.29, 1.82) is 0 Å². The van der Waals surface area contributed by atoms with Gasteiger partial charge in [-0.15, -0.1) is 0 Å². The molecule has 0 spiro atoms. The smallest absolute Gasteiger partial charge is 0.161 e. The summed E-state index contributed by atoms with van der Waals surface area (Å²) in [4.78, 5) is 5.15. The van der Waals surface area contributed by atoms with Crippen LogP contribution in [0.2, 0.25) is 0 Å². The zero-order valence-corrected chi connectivity index (χ0v) is 16.7. The van der Waals surface area contributed by atoms with Gasteiger partial charge in [-0.1, -0.05) is 12.8 Å². The third kappa shape index (κ3) is 4.58. The number of nitrogens with zero attached hydrogens (tertiary/aromatic N) is 2. The fraction of sp³-hybridized carbons (Fsp3) is 0.727. The summed E-state index contributed by atoms with van der Waals surface area (Å²) < 4.78 is 11.5. The molecule has 27 heavy (non-hydrogen) atoms. The van der Waals surface area contributed by atoms with E-state index in [1.165, 1.54) is 49.9 Å². The molecule has 5 nitrogen and oxygen atoms in total. The Kier molecular flexibility index (Phi) is 6.21. The van der Waals surface area contributed by atoms with E-state index in [1.807, 2.05) is 0 Å². The summed E-state index contributed by atoms with van der Waals surface area (Å²) in [5.74, 6) is 2.72. The van der Waals surface area contributed by atoms with E-state index in [-0.39, 0.29) is 0 Å². The molecule has 2 saturated heterocycles. The minimum absolute atomic E-state index is 0.301. The van der Waals surface area contributed by atoms with E-state index in [0.717, 1.165) is 37.7 Å². The molecule has 2 atom stereocenters. The summed E-state index contributed by atoms with van der Waals surface area (Å²) in [6, 6.07) is 4.26. The highest BCUT2D eigenvalue weighted by Gasteiger charge is 2.33. The van der Waals surface area contributed by atoms with Crippen molar-refractivity contribution in [3.63, 3.8) is 0 Å². The van der Waals surface area contributed by atoms with Gasteiger partial charge >= 0.3 is 0 Å². The van der Waals surface area contributed by atoms with Gasteiger partial charge in [-0.2, -0.15) is 0 Å². The third-order valence-electron chi connectivity index (χ3n) is 6.47. The van der Waals surface area contributed by atoms with Crippen LogP contribution in [-0.2, 0) is 6.54 Å². The molecule has 1 aromatic rings. The van der Waals surface area contributed by atoms with Gasteiger partial charge in [0, 0.05) is 32.8 Å². The summed E-state index contributed by atoms with van der Waals surface area (Å²) in [6.07, 6.45) is 5.41. The van der Waals surface area contributed by atoms with Crippen LogP contribution in [0.3, 0.4) is 0 Å². The lowest BCUT2D eigenvalue weighted by Crippen LogP contribution is -2.34. The van der Waals surface area contributed by atoms with E-state index in [2.05, 4.69) is 28.9 Å². The van der Waals surface area contributed by atoms with Crippen molar-refractivity contribution in [2.24, 2.45) is 11.8 Å². The van der Waals surface area contributed by atoms with E-state index in [0.29, 0.717) is 31.7 Å². The average molecular weight is 375 g/mol. The highest BCUT2D eigenvalue weighted by molar-refractivity contribution is 5.47. The molecule has 3 aliphatic heterocycles. The summed E-state index contributed by atoms with van der Waals surface area (Å²) in [5, 5.41) is 9.94. The lowest BCUT2D eigenvalue weighted by atomic mass is 9.96. The molecule has 2 fully saturated rings. The zero-order chi connectivity index (χ0) is 18.6. The fourth-order valence-corrected chi connectivity index (χ4v) is 4.87. The Hall–Kier alpha value is -1.30. The number of hydrogen-bond acceptors (Lipinski definition) is 5. The molecule has 1 aromatic carbocycles. The van der Waals surface area contributed by atoms with Crippen molar-refractivity contribution < 1.29 is 14.6 Å². The second-order valence-electron chi connectivity index (χ2n) is 8.53. The molecule has 0 aromatic heterocycles. The normalized spacial score (nSPS) is 26.9. The molecule has 4 rings (SSSR count). The molecular weight excluding hydrogens is 340 g/mol. The van der Waals surface area contributed by atoms with Crippen LogP contribution in [0.15, 0.2) is 12.1 Å². The van der Waals surface area contributed by atoms with E-state index >= 15 is 0 Å². The van der Waals surface area contributed by atoms with Gasteiger partial charge in [0.25, 0.3) is 0 Å². The Balaban J connectivity index is 1.40. The minimum Gasteiger partial charge on any atom is -0.486 e. The number of aliphatic hydroxyl groups excluding tert-OH is 1. The highest BCUT2D eigenvalue weighted by atomic mass is 16.6. The van der Waals surface area contributed by atoms with Gasteiger partial charge < -0.3 is 19.5 Å². The molecule has 0 radical (unpaired) electrons. The van der Waals surface area contributed by atoms with Gasteiger partial charge in [-0.3, -0.25) is 4.90 Å². The zero-order valence-electron chi connectivity index (χ0n) is 16.7. The Morgan fingerprint density at radius 3 is 2.30 bits per heavy atom. The van der Waals surface area contributed by atoms with E-state index < -0.39 is 0 Å². The largest absolute Gasteiger partial charge is 0.486 e. The van der Waals surface area contributed by atoms with Crippen molar-refractivity contribution in [2.45, 2.75) is 39.2 Å². The molecule has 0 saturated carbocycles. The van der Waals surface area contributed by atoms with Crippen LogP contribution < -0.4 is 9.47 Å². The quantitative estimate of drug-likeness (QED) is 0.859. The third-order valence-corrected chi connectivity index (χ3v) is 6.47. The Morgan fingerprint density at radius 1 is 0.926 bits per heavy atom. The number of rotatable bonds is 5. The Morgan fingerprint density at radius 2 is 1.59 bits per heavy atom. The first-order valence-corrected chi connectivity index (χ1v) is 10.7. The second kappa shape index (κ2) is 8.80. The van der Waals surface area contributed by atoms with Crippen LogP contribution in [0.1, 0.15) is 36.8 Å². The van der Waals surface area contributed by atoms with Crippen LogP contribution in [0.25, 0.3) is 0 Å².